The van der Waals surface area contributed by atoms with Crippen molar-refractivity contribution in [3.8, 4) is 0 Å². The van der Waals surface area contributed by atoms with E-state index in [-0.39, 0.29) is 4.90 Å². The zero-order valence-corrected chi connectivity index (χ0v) is 11.0. The lowest BCUT2D eigenvalue weighted by molar-refractivity contribution is 0.303. The zero-order valence-electron chi connectivity index (χ0n) is 10.2. The van der Waals surface area contributed by atoms with E-state index in [0.29, 0.717) is 11.4 Å². The van der Waals surface area contributed by atoms with Crippen molar-refractivity contribution in [1.82, 2.24) is 0 Å². The molecule has 5 nitrogen and oxygen atoms in total. The standard InChI is InChI=1S/C12H19N3O2S/c13-10-6-11(8-12(7-10)18(14,16)17)15-5-4-9-2-1-3-9/h6-9,15H,1-5,13H2,(H2,14,16,17). The van der Waals surface area contributed by atoms with Crippen molar-refractivity contribution in [2.24, 2.45) is 11.1 Å². The summed E-state index contributed by atoms with van der Waals surface area (Å²) in [4.78, 5) is 0.0497. The number of sulfonamides is 1. The molecule has 0 amide bonds. The van der Waals surface area contributed by atoms with Crippen LogP contribution < -0.4 is 16.2 Å². The first kappa shape index (κ1) is 13.2. The van der Waals surface area contributed by atoms with E-state index in [0.717, 1.165) is 18.9 Å². The van der Waals surface area contributed by atoms with E-state index in [1.54, 1.807) is 6.07 Å². The van der Waals surface area contributed by atoms with Gasteiger partial charge in [-0.05, 0) is 30.5 Å². The second kappa shape index (κ2) is 5.16. The van der Waals surface area contributed by atoms with Gasteiger partial charge in [0.2, 0.25) is 10.0 Å². The highest BCUT2D eigenvalue weighted by atomic mass is 32.2. The number of rotatable bonds is 5. The Balaban J connectivity index is 2.01. The Labute approximate surface area is 108 Å². The SMILES string of the molecule is Nc1cc(NCCC2CCC2)cc(S(N)(=O)=O)c1. The van der Waals surface area contributed by atoms with Crippen LogP contribution in [0.1, 0.15) is 25.7 Å². The Kier molecular flexibility index (Phi) is 3.77. The molecule has 18 heavy (non-hydrogen) atoms. The molecule has 1 aromatic carbocycles. The molecular formula is C12H19N3O2S. The summed E-state index contributed by atoms with van der Waals surface area (Å²) in [6, 6.07) is 4.61. The average molecular weight is 269 g/mol. The quantitative estimate of drug-likeness (QED) is 0.706. The molecule has 0 aliphatic heterocycles. The fourth-order valence-electron chi connectivity index (χ4n) is 2.09. The summed E-state index contributed by atoms with van der Waals surface area (Å²) >= 11 is 0. The zero-order chi connectivity index (χ0) is 13.2. The lowest BCUT2D eigenvalue weighted by atomic mass is 9.83. The van der Waals surface area contributed by atoms with Crippen molar-refractivity contribution in [2.45, 2.75) is 30.6 Å². The van der Waals surface area contributed by atoms with Crippen LogP contribution in [0.2, 0.25) is 0 Å². The summed E-state index contributed by atoms with van der Waals surface area (Å²) in [5.74, 6) is 0.816. The third-order valence-electron chi connectivity index (χ3n) is 3.36. The number of benzene rings is 1. The lowest BCUT2D eigenvalue weighted by Crippen LogP contribution is -2.16. The molecule has 0 spiro atoms. The third kappa shape index (κ3) is 3.36. The number of primary sulfonamides is 1. The average Bonchev–Trinajstić information content (AvgIpc) is 2.20. The van der Waals surface area contributed by atoms with Gasteiger partial charge >= 0.3 is 0 Å². The summed E-state index contributed by atoms with van der Waals surface area (Å²) in [6.07, 6.45) is 5.06. The van der Waals surface area contributed by atoms with Crippen LogP contribution in [-0.2, 0) is 10.0 Å². The molecule has 1 aromatic rings. The summed E-state index contributed by atoms with van der Waals surface area (Å²) in [5.41, 5.74) is 6.77. The molecule has 2 rings (SSSR count). The normalized spacial score (nSPS) is 16.3. The Morgan fingerprint density at radius 2 is 2.00 bits per heavy atom. The fourth-order valence-corrected chi connectivity index (χ4v) is 2.68. The number of nitrogen functional groups attached to an aromatic ring is 1. The Morgan fingerprint density at radius 3 is 2.56 bits per heavy atom. The molecule has 0 atom stereocenters. The van der Waals surface area contributed by atoms with Gasteiger partial charge in [0.15, 0.2) is 0 Å². The van der Waals surface area contributed by atoms with Crippen LogP contribution in [0, 0.1) is 5.92 Å². The maximum absolute atomic E-state index is 11.3. The largest absolute Gasteiger partial charge is 0.399 e. The van der Waals surface area contributed by atoms with Crippen LogP contribution in [0.15, 0.2) is 23.1 Å². The Morgan fingerprint density at radius 1 is 1.28 bits per heavy atom. The molecule has 0 saturated heterocycles. The van der Waals surface area contributed by atoms with E-state index >= 15 is 0 Å². The van der Waals surface area contributed by atoms with Crippen LogP contribution in [0.25, 0.3) is 0 Å². The summed E-state index contributed by atoms with van der Waals surface area (Å²) in [6.45, 7) is 0.832. The van der Waals surface area contributed by atoms with Crippen molar-refractivity contribution in [2.75, 3.05) is 17.6 Å². The molecule has 5 N–H and O–H groups in total. The van der Waals surface area contributed by atoms with Gasteiger partial charge in [-0.25, -0.2) is 13.6 Å². The highest BCUT2D eigenvalue weighted by molar-refractivity contribution is 7.89. The predicted octanol–water partition coefficient (Wildman–Crippen LogP) is 1.52. The van der Waals surface area contributed by atoms with Gasteiger partial charge in [0, 0.05) is 17.9 Å². The van der Waals surface area contributed by atoms with Crippen LogP contribution >= 0.6 is 0 Å². The maximum Gasteiger partial charge on any atom is 0.238 e. The molecule has 1 fully saturated rings. The van der Waals surface area contributed by atoms with Crippen molar-refractivity contribution < 1.29 is 8.42 Å². The first-order valence-corrected chi connectivity index (χ1v) is 7.67. The van der Waals surface area contributed by atoms with Crippen molar-refractivity contribution in [1.29, 1.82) is 0 Å². The Hall–Kier alpha value is -1.27. The van der Waals surface area contributed by atoms with Crippen molar-refractivity contribution in [3.63, 3.8) is 0 Å². The fraction of sp³-hybridized carbons (Fsp3) is 0.500. The van der Waals surface area contributed by atoms with Gasteiger partial charge in [-0.15, -0.1) is 0 Å². The minimum atomic E-state index is -3.70. The second-order valence-corrected chi connectivity index (χ2v) is 6.41. The highest BCUT2D eigenvalue weighted by Crippen LogP contribution is 2.29. The topological polar surface area (TPSA) is 98.2 Å². The van der Waals surface area contributed by atoms with Gasteiger partial charge in [-0.3, -0.25) is 0 Å². The molecule has 0 bridgehead atoms. The molecule has 6 heteroatoms. The Bertz CT molecular complexity index is 524. The van der Waals surface area contributed by atoms with E-state index < -0.39 is 10.0 Å². The van der Waals surface area contributed by atoms with E-state index in [1.165, 1.54) is 31.4 Å². The third-order valence-corrected chi connectivity index (χ3v) is 4.26. The maximum atomic E-state index is 11.3. The number of hydrogen-bond acceptors (Lipinski definition) is 4. The molecule has 0 aromatic heterocycles. The monoisotopic (exact) mass is 269 g/mol. The number of anilines is 2. The molecule has 1 aliphatic carbocycles. The summed E-state index contributed by atoms with van der Waals surface area (Å²) in [7, 11) is -3.70. The van der Waals surface area contributed by atoms with Crippen LogP contribution in [0.4, 0.5) is 11.4 Å². The smallest absolute Gasteiger partial charge is 0.238 e. The molecule has 1 saturated carbocycles. The van der Waals surface area contributed by atoms with Crippen molar-refractivity contribution in [3.05, 3.63) is 18.2 Å². The summed E-state index contributed by atoms with van der Waals surface area (Å²) in [5, 5.41) is 8.29. The van der Waals surface area contributed by atoms with Gasteiger partial charge in [0.25, 0.3) is 0 Å². The van der Waals surface area contributed by atoms with Crippen molar-refractivity contribution >= 4 is 21.4 Å². The number of nitrogens with two attached hydrogens (primary N) is 2. The summed E-state index contributed by atoms with van der Waals surface area (Å²) < 4.78 is 22.5. The molecule has 0 heterocycles. The minimum absolute atomic E-state index is 0.0497. The van der Waals surface area contributed by atoms with E-state index in [4.69, 9.17) is 10.9 Å². The molecule has 1 aliphatic rings. The predicted molar refractivity (Wildman–Crippen MR) is 72.7 cm³/mol. The number of nitrogens with one attached hydrogen (secondary N) is 1. The van der Waals surface area contributed by atoms with E-state index in [1.807, 2.05) is 0 Å². The molecule has 0 unspecified atom stereocenters. The van der Waals surface area contributed by atoms with Gasteiger partial charge in [0.05, 0.1) is 4.90 Å². The minimum Gasteiger partial charge on any atom is -0.399 e. The van der Waals surface area contributed by atoms with Gasteiger partial charge in [-0.1, -0.05) is 19.3 Å². The molecule has 100 valence electrons. The van der Waals surface area contributed by atoms with E-state index in [2.05, 4.69) is 5.32 Å². The van der Waals surface area contributed by atoms with Crippen LogP contribution in [0.5, 0.6) is 0 Å². The first-order valence-electron chi connectivity index (χ1n) is 6.12. The van der Waals surface area contributed by atoms with Crippen LogP contribution in [-0.4, -0.2) is 15.0 Å². The van der Waals surface area contributed by atoms with Crippen LogP contribution in [0.3, 0.4) is 0 Å². The van der Waals surface area contributed by atoms with Gasteiger partial charge < -0.3 is 11.1 Å². The lowest BCUT2D eigenvalue weighted by Gasteiger charge is -2.25. The van der Waals surface area contributed by atoms with E-state index in [9.17, 15) is 8.42 Å². The molecular weight excluding hydrogens is 250 g/mol. The first-order chi connectivity index (χ1) is 8.45. The van der Waals surface area contributed by atoms with Gasteiger partial charge in [0.1, 0.15) is 0 Å². The highest BCUT2D eigenvalue weighted by Gasteiger charge is 2.16. The number of hydrogen-bond donors (Lipinski definition) is 3. The second-order valence-electron chi connectivity index (χ2n) is 4.85. The van der Waals surface area contributed by atoms with Gasteiger partial charge in [-0.2, -0.15) is 0 Å². The molecule has 0 radical (unpaired) electrons.